The minimum atomic E-state index is -4.71. The lowest BCUT2D eigenvalue weighted by Gasteiger charge is -2.11. The number of carboxylic acids is 1. The molecular formula is C14H10F4N2O2S. The standard InChI is InChI=1S/C14H10F4N2O2S/c1-7(12(21)22)23-13-19-10(6-11(20-13)14(16,17)18)8-2-4-9(15)5-3-8/h2-7H,1H3,(H,21,22). The molecule has 2 rings (SSSR count). The number of benzene rings is 1. The zero-order valence-corrected chi connectivity index (χ0v) is 12.5. The van der Waals surface area contributed by atoms with Crippen LogP contribution in [0.15, 0.2) is 35.5 Å². The Morgan fingerprint density at radius 1 is 1.22 bits per heavy atom. The van der Waals surface area contributed by atoms with Gasteiger partial charge in [-0.15, -0.1) is 0 Å². The Kier molecular flexibility index (Phi) is 4.88. The number of hydrogen-bond donors (Lipinski definition) is 1. The van der Waals surface area contributed by atoms with Gasteiger partial charge in [-0.2, -0.15) is 13.2 Å². The Labute approximate surface area is 132 Å². The minimum Gasteiger partial charge on any atom is -0.480 e. The second kappa shape index (κ2) is 6.53. The van der Waals surface area contributed by atoms with Crippen LogP contribution in [0.2, 0.25) is 0 Å². The Morgan fingerprint density at radius 3 is 2.35 bits per heavy atom. The van der Waals surface area contributed by atoms with Crippen molar-refractivity contribution in [3.63, 3.8) is 0 Å². The van der Waals surface area contributed by atoms with E-state index in [1.165, 1.54) is 19.1 Å². The largest absolute Gasteiger partial charge is 0.480 e. The van der Waals surface area contributed by atoms with Gasteiger partial charge in [-0.25, -0.2) is 14.4 Å². The smallest absolute Gasteiger partial charge is 0.433 e. The molecule has 0 radical (unpaired) electrons. The van der Waals surface area contributed by atoms with Crippen molar-refractivity contribution < 1.29 is 27.5 Å². The van der Waals surface area contributed by atoms with Crippen LogP contribution >= 0.6 is 11.8 Å². The fourth-order valence-electron chi connectivity index (χ4n) is 1.60. The van der Waals surface area contributed by atoms with Crippen LogP contribution in [0.1, 0.15) is 12.6 Å². The number of aliphatic carboxylic acids is 1. The van der Waals surface area contributed by atoms with E-state index in [0.717, 1.165) is 18.2 Å². The van der Waals surface area contributed by atoms with Gasteiger partial charge in [0.2, 0.25) is 0 Å². The Morgan fingerprint density at radius 2 is 1.83 bits per heavy atom. The summed E-state index contributed by atoms with van der Waals surface area (Å²) in [4.78, 5) is 18.1. The van der Waals surface area contributed by atoms with E-state index >= 15 is 0 Å². The third-order valence-corrected chi connectivity index (χ3v) is 3.71. The van der Waals surface area contributed by atoms with Gasteiger partial charge in [0.1, 0.15) is 16.8 Å². The van der Waals surface area contributed by atoms with Crippen LogP contribution in [0.3, 0.4) is 0 Å². The minimum absolute atomic E-state index is 0.0626. The molecule has 1 heterocycles. The molecular weight excluding hydrogens is 336 g/mol. The van der Waals surface area contributed by atoms with Crippen LogP contribution < -0.4 is 0 Å². The van der Waals surface area contributed by atoms with Crippen molar-refractivity contribution in [3.05, 3.63) is 41.8 Å². The zero-order chi connectivity index (χ0) is 17.2. The van der Waals surface area contributed by atoms with Crippen molar-refractivity contribution in [1.82, 2.24) is 9.97 Å². The molecule has 23 heavy (non-hydrogen) atoms. The third-order valence-electron chi connectivity index (χ3n) is 2.77. The molecule has 0 fully saturated rings. The predicted molar refractivity (Wildman–Crippen MR) is 75.4 cm³/mol. The molecule has 0 aliphatic heterocycles. The first kappa shape index (κ1) is 17.2. The van der Waals surface area contributed by atoms with Gasteiger partial charge in [-0.05, 0) is 37.3 Å². The maximum Gasteiger partial charge on any atom is 0.433 e. The van der Waals surface area contributed by atoms with Crippen LogP contribution in [0.25, 0.3) is 11.3 Å². The number of halogens is 4. The van der Waals surface area contributed by atoms with E-state index in [1.54, 1.807) is 0 Å². The summed E-state index contributed by atoms with van der Waals surface area (Å²) in [6.07, 6.45) is -4.71. The van der Waals surface area contributed by atoms with Gasteiger partial charge in [-0.3, -0.25) is 4.79 Å². The van der Waals surface area contributed by atoms with Crippen LogP contribution in [0, 0.1) is 5.82 Å². The first-order valence-electron chi connectivity index (χ1n) is 6.28. The van der Waals surface area contributed by atoms with Gasteiger partial charge in [-0.1, -0.05) is 11.8 Å². The first-order chi connectivity index (χ1) is 10.7. The number of carbonyl (C=O) groups is 1. The molecule has 0 saturated carbocycles. The summed E-state index contributed by atoms with van der Waals surface area (Å²) in [6.45, 7) is 1.31. The summed E-state index contributed by atoms with van der Waals surface area (Å²) in [5.74, 6) is -1.73. The van der Waals surface area contributed by atoms with E-state index < -0.39 is 28.9 Å². The van der Waals surface area contributed by atoms with E-state index in [-0.39, 0.29) is 16.4 Å². The van der Waals surface area contributed by atoms with Gasteiger partial charge in [0, 0.05) is 5.56 Å². The Bertz CT molecular complexity index is 720. The average molecular weight is 346 g/mol. The van der Waals surface area contributed by atoms with Gasteiger partial charge in [0.05, 0.1) is 5.69 Å². The van der Waals surface area contributed by atoms with Gasteiger partial charge in [0.15, 0.2) is 5.16 Å². The number of rotatable bonds is 4. The van der Waals surface area contributed by atoms with E-state index in [9.17, 15) is 22.4 Å². The van der Waals surface area contributed by atoms with Crippen LogP contribution in [-0.2, 0) is 11.0 Å². The highest BCUT2D eigenvalue weighted by atomic mass is 32.2. The molecule has 0 saturated heterocycles. The van der Waals surface area contributed by atoms with Crippen molar-refractivity contribution in [1.29, 1.82) is 0 Å². The average Bonchev–Trinajstić information content (AvgIpc) is 2.46. The van der Waals surface area contributed by atoms with Crippen molar-refractivity contribution >= 4 is 17.7 Å². The summed E-state index contributed by atoms with van der Waals surface area (Å²) >= 11 is 0.598. The van der Waals surface area contributed by atoms with Gasteiger partial charge in [0.25, 0.3) is 0 Å². The quantitative estimate of drug-likeness (QED) is 0.517. The molecule has 2 aromatic rings. The molecule has 1 atom stereocenters. The predicted octanol–water partition coefficient (Wildman–Crippen LogP) is 3.87. The maximum atomic E-state index is 12.9. The van der Waals surface area contributed by atoms with Crippen LogP contribution in [0.4, 0.5) is 17.6 Å². The zero-order valence-electron chi connectivity index (χ0n) is 11.6. The Balaban J connectivity index is 2.49. The monoisotopic (exact) mass is 346 g/mol. The van der Waals surface area contributed by atoms with Crippen molar-refractivity contribution in [2.45, 2.75) is 23.5 Å². The maximum absolute atomic E-state index is 12.9. The second-order valence-electron chi connectivity index (χ2n) is 4.52. The molecule has 0 amide bonds. The number of hydrogen-bond acceptors (Lipinski definition) is 4. The van der Waals surface area contributed by atoms with Crippen LogP contribution in [0.5, 0.6) is 0 Å². The van der Waals surface area contributed by atoms with Crippen molar-refractivity contribution in [2.24, 2.45) is 0 Å². The lowest BCUT2D eigenvalue weighted by Crippen LogP contribution is -2.14. The highest BCUT2D eigenvalue weighted by Crippen LogP contribution is 2.32. The molecule has 1 unspecified atom stereocenters. The SMILES string of the molecule is CC(Sc1nc(-c2ccc(F)cc2)cc(C(F)(F)F)n1)C(=O)O. The number of nitrogens with zero attached hydrogens (tertiary/aromatic N) is 2. The molecule has 1 N–H and O–H groups in total. The number of aromatic nitrogens is 2. The lowest BCUT2D eigenvalue weighted by molar-refractivity contribution is -0.141. The second-order valence-corrected chi connectivity index (χ2v) is 5.83. The van der Waals surface area contributed by atoms with E-state index in [1.807, 2.05) is 0 Å². The lowest BCUT2D eigenvalue weighted by atomic mass is 10.1. The summed E-state index contributed by atoms with van der Waals surface area (Å²) in [7, 11) is 0. The first-order valence-corrected chi connectivity index (χ1v) is 7.16. The summed E-state index contributed by atoms with van der Waals surface area (Å²) in [5, 5.41) is 7.52. The molecule has 122 valence electrons. The van der Waals surface area contributed by atoms with E-state index in [2.05, 4.69) is 9.97 Å². The number of carboxylic acid groups (broad SMARTS) is 1. The topological polar surface area (TPSA) is 63.1 Å². The molecule has 0 bridgehead atoms. The highest BCUT2D eigenvalue weighted by Gasteiger charge is 2.34. The number of thioether (sulfide) groups is 1. The summed E-state index contributed by atoms with van der Waals surface area (Å²) < 4.78 is 51.8. The molecule has 9 heteroatoms. The molecule has 0 aliphatic rings. The summed E-state index contributed by atoms with van der Waals surface area (Å²) in [6, 6.07) is 5.50. The van der Waals surface area contributed by atoms with Gasteiger partial charge < -0.3 is 5.11 Å². The Hall–Kier alpha value is -2.16. The van der Waals surface area contributed by atoms with E-state index in [0.29, 0.717) is 11.8 Å². The normalized spacial score (nSPS) is 12.9. The fourth-order valence-corrected chi connectivity index (χ4v) is 2.32. The fraction of sp³-hybridized carbons (Fsp3) is 0.214. The molecule has 0 aliphatic carbocycles. The molecule has 1 aromatic heterocycles. The molecule has 1 aromatic carbocycles. The van der Waals surface area contributed by atoms with Crippen molar-refractivity contribution in [2.75, 3.05) is 0 Å². The van der Waals surface area contributed by atoms with Crippen molar-refractivity contribution in [3.8, 4) is 11.3 Å². The van der Waals surface area contributed by atoms with Gasteiger partial charge >= 0.3 is 12.1 Å². The van der Waals surface area contributed by atoms with E-state index in [4.69, 9.17) is 5.11 Å². The molecule has 0 spiro atoms. The number of alkyl halides is 3. The third kappa shape index (κ3) is 4.41. The van der Waals surface area contributed by atoms with Crippen LogP contribution in [-0.4, -0.2) is 26.3 Å². The summed E-state index contributed by atoms with van der Waals surface area (Å²) in [5.41, 5.74) is -0.983. The molecule has 4 nitrogen and oxygen atoms in total. The highest BCUT2D eigenvalue weighted by molar-refractivity contribution is 8.00.